The fourth-order valence-electron chi connectivity index (χ4n) is 1.89. The van der Waals surface area contributed by atoms with Crippen LogP contribution in [0.2, 0.25) is 5.02 Å². The molecule has 0 radical (unpaired) electrons. The Morgan fingerprint density at radius 3 is 2.58 bits per heavy atom. The summed E-state index contributed by atoms with van der Waals surface area (Å²) in [6, 6.07) is 3.10. The summed E-state index contributed by atoms with van der Waals surface area (Å²) in [5.41, 5.74) is 1.24. The summed E-state index contributed by atoms with van der Waals surface area (Å²) in [5.74, 6) is 0.318. The molecule has 1 atom stereocenters. The van der Waals surface area contributed by atoms with E-state index >= 15 is 0 Å². The lowest BCUT2D eigenvalue weighted by molar-refractivity contribution is -0.385. The van der Waals surface area contributed by atoms with E-state index in [0.29, 0.717) is 28.6 Å². The maximum absolute atomic E-state index is 10.8. The van der Waals surface area contributed by atoms with Gasteiger partial charge in [-0.3, -0.25) is 10.1 Å². The van der Waals surface area contributed by atoms with E-state index < -0.39 is 4.92 Å². The standard InChI is InChI=1S/C13H19ClN2O3/c1-8(2)11(4-5-17)15-12-6-9(3)13(16(18)19)7-10(12)14/h6-8,11,15,17H,4-5H2,1-3H3. The van der Waals surface area contributed by atoms with Crippen LogP contribution in [0, 0.1) is 23.0 Å². The molecule has 0 spiro atoms. The van der Waals surface area contributed by atoms with Gasteiger partial charge in [0.2, 0.25) is 0 Å². The van der Waals surface area contributed by atoms with Crippen LogP contribution in [0.25, 0.3) is 0 Å². The Labute approximate surface area is 117 Å². The number of anilines is 1. The number of aliphatic hydroxyl groups is 1. The van der Waals surface area contributed by atoms with Crippen molar-refractivity contribution in [2.75, 3.05) is 11.9 Å². The maximum Gasteiger partial charge on any atom is 0.273 e. The van der Waals surface area contributed by atoms with Crippen LogP contribution < -0.4 is 5.32 Å². The van der Waals surface area contributed by atoms with Crippen molar-refractivity contribution in [1.82, 2.24) is 0 Å². The average molecular weight is 287 g/mol. The molecular formula is C13H19ClN2O3. The first-order valence-corrected chi connectivity index (χ1v) is 6.56. The first-order chi connectivity index (χ1) is 8.86. The molecule has 0 aliphatic carbocycles. The minimum atomic E-state index is -0.446. The number of nitrogens with zero attached hydrogens (tertiary/aromatic N) is 1. The van der Waals surface area contributed by atoms with Crippen LogP contribution in [-0.4, -0.2) is 22.7 Å². The molecule has 0 aliphatic heterocycles. The number of aliphatic hydroxyl groups excluding tert-OH is 1. The molecule has 1 rings (SSSR count). The number of halogens is 1. The highest BCUT2D eigenvalue weighted by molar-refractivity contribution is 6.33. The van der Waals surface area contributed by atoms with Gasteiger partial charge in [-0.15, -0.1) is 0 Å². The first kappa shape index (κ1) is 15.7. The van der Waals surface area contributed by atoms with Crippen LogP contribution >= 0.6 is 11.6 Å². The van der Waals surface area contributed by atoms with Crippen molar-refractivity contribution in [3.8, 4) is 0 Å². The van der Waals surface area contributed by atoms with Crippen LogP contribution in [0.3, 0.4) is 0 Å². The molecule has 0 saturated heterocycles. The third-order valence-corrected chi connectivity index (χ3v) is 3.38. The summed E-state index contributed by atoms with van der Waals surface area (Å²) in [4.78, 5) is 10.4. The second-order valence-corrected chi connectivity index (χ2v) is 5.29. The summed E-state index contributed by atoms with van der Waals surface area (Å²) in [6.07, 6.45) is 0.601. The van der Waals surface area contributed by atoms with E-state index in [1.165, 1.54) is 6.07 Å². The number of nitro benzene ring substituents is 1. The Bertz CT molecular complexity index is 463. The van der Waals surface area contributed by atoms with Gasteiger partial charge in [0, 0.05) is 24.3 Å². The Morgan fingerprint density at radius 2 is 2.11 bits per heavy atom. The van der Waals surface area contributed by atoms with E-state index in [1.807, 2.05) is 13.8 Å². The minimum absolute atomic E-state index is 0.0128. The fraction of sp³-hybridized carbons (Fsp3) is 0.538. The minimum Gasteiger partial charge on any atom is -0.396 e. The highest BCUT2D eigenvalue weighted by atomic mass is 35.5. The average Bonchev–Trinajstić information content (AvgIpc) is 2.32. The zero-order valence-electron chi connectivity index (χ0n) is 11.3. The predicted octanol–water partition coefficient (Wildman–Crippen LogP) is 3.38. The Balaban J connectivity index is 3.01. The normalized spacial score (nSPS) is 12.5. The van der Waals surface area contributed by atoms with Crippen molar-refractivity contribution >= 4 is 23.0 Å². The molecule has 0 fully saturated rings. The van der Waals surface area contributed by atoms with E-state index in [4.69, 9.17) is 16.7 Å². The third kappa shape index (κ3) is 4.08. The molecule has 1 aromatic rings. The number of benzene rings is 1. The van der Waals surface area contributed by atoms with Gasteiger partial charge >= 0.3 is 0 Å². The summed E-state index contributed by atoms with van der Waals surface area (Å²) < 4.78 is 0. The van der Waals surface area contributed by atoms with Gasteiger partial charge in [-0.25, -0.2) is 0 Å². The first-order valence-electron chi connectivity index (χ1n) is 6.18. The fourth-order valence-corrected chi connectivity index (χ4v) is 2.10. The second kappa shape index (κ2) is 6.73. The highest BCUT2D eigenvalue weighted by Crippen LogP contribution is 2.31. The molecule has 0 aliphatic rings. The summed E-state index contributed by atoms with van der Waals surface area (Å²) in [7, 11) is 0. The molecular weight excluding hydrogens is 268 g/mol. The largest absolute Gasteiger partial charge is 0.396 e. The molecule has 0 saturated carbocycles. The third-order valence-electron chi connectivity index (χ3n) is 3.07. The van der Waals surface area contributed by atoms with Crippen molar-refractivity contribution in [2.24, 2.45) is 5.92 Å². The quantitative estimate of drug-likeness (QED) is 0.621. The Kier molecular flexibility index (Phi) is 5.57. The summed E-state index contributed by atoms with van der Waals surface area (Å²) in [5, 5.41) is 23.4. The van der Waals surface area contributed by atoms with Gasteiger partial charge in [0.25, 0.3) is 5.69 Å². The molecule has 6 heteroatoms. The van der Waals surface area contributed by atoms with Crippen LogP contribution in [-0.2, 0) is 0 Å². The van der Waals surface area contributed by atoms with Crippen molar-refractivity contribution in [2.45, 2.75) is 33.2 Å². The number of hydrogen-bond donors (Lipinski definition) is 2. The SMILES string of the molecule is Cc1cc(NC(CCO)C(C)C)c(Cl)cc1[N+](=O)[O-]. The lowest BCUT2D eigenvalue weighted by Gasteiger charge is -2.23. The van der Waals surface area contributed by atoms with Crippen molar-refractivity contribution < 1.29 is 10.0 Å². The van der Waals surface area contributed by atoms with Gasteiger partial charge in [-0.2, -0.15) is 0 Å². The van der Waals surface area contributed by atoms with E-state index in [-0.39, 0.29) is 18.3 Å². The van der Waals surface area contributed by atoms with Gasteiger partial charge in [-0.1, -0.05) is 25.4 Å². The van der Waals surface area contributed by atoms with Gasteiger partial charge < -0.3 is 10.4 Å². The van der Waals surface area contributed by atoms with Gasteiger partial charge in [0.15, 0.2) is 0 Å². The predicted molar refractivity (Wildman–Crippen MR) is 76.8 cm³/mol. The van der Waals surface area contributed by atoms with Crippen LogP contribution in [0.1, 0.15) is 25.8 Å². The van der Waals surface area contributed by atoms with Gasteiger partial charge in [0.1, 0.15) is 0 Å². The molecule has 106 valence electrons. The van der Waals surface area contributed by atoms with Crippen molar-refractivity contribution in [1.29, 1.82) is 0 Å². The zero-order valence-corrected chi connectivity index (χ0v) is 12.1. The van der Waals surface area contributed by atoms with Crippen LogP contribution in [0.5, 0.6) is 0 Å². The topological polar surface area (TPSA) is 75.4 Å². The number of hydrogen-bond acceptors (Lipinski definition) is 4. The number of nitrogens with one attached hydrogen (secondary N) is 1. The van der Waals surface area contributed by atoms with Crippen molar-refractivity contribution in [3.63, 3.8) is 0 Å². The Hall–Kier alpha value is -1.33. The molecule has 2 N–H and O–H groups in total. The second-order valence-electron chi connectivity index (χ2n) is 4.88. The number of rotatable bonds is 6. The monoisotopic (exact) mass is 286 g/mol. The smallest absolute Gasteiger partial charge is 0.273 e. The van der Waals surface area contributed by atoms with E-state index in [1.54, 1.807) is 13.0 Å². The molecule has 0 bridgehead atoms. The Morgan fingerprint density at radius 1 is 1.47 bits per heavy atom. The molecule has 0 aromatic heterocycles. The lowest BCUT2D eigenvalue weighted by atomic mass is 10.0. The van der Waals surface area contributed by atoms with Gasteiger partial charge in [0.05, 0.1) is 15.6 Å². The summed E-state index contributed by atoms with van der Waals surface area (Å²) in [6.45, 7) is 5.84. The van der Waals surface area contributed by atoms with Crippen LogP contribution in [0.15, 0.2) is 12.1 Å². The van der Waals surface area contributed by atoms with E-state index in [9.17, 15) is 10.1 Å². The lowest BCUT2D eigenvalue weighted by Crippen LogP contribution is -2.27. The maximum atomic E-state index is 10.8. The molecule has 1 aromatic carbocycles. The van der Waals surface area contributed by atoms with E-state index in [0.717, 1.165) is 0 Å². The highest BCUT2D eigenvalue weighted by Gasteiger charge is 2.18. The number of aryl methyl sites for hydroxylation is 1. The molecule has 1 unspecified atom stereocenters. The molecule has 5 nitrogen and oxygen atoms in total. The van der Waals surface area contributed by atoms with E-state index in [2.05, 4.69) is 5.32 Å². The van der Waals surface area contributed by atoms with Crippen molar-refractivity contribution in [3.05, 3.63) is 32.8 Å². The van der Waals surface area contributed by atoms with Gasteiger partial charge in [-0.05, 0) is 25.3 Å². The molecule has 0 amide bonds. The molecule has 19 heavy (non-hydrogen) atoms. The van der Waals surface area contributed by atoms with Crippen LogP contribution in [0.4, 0.5) is 11.4 Å². The zero-order chi connectivity index (χ0) is 14.6. The number of nitro groups is 1. The molecule has 0 heterocycles. The summed E-state index contributed by atoms with van der Waals surface area (Å²) >= 11 is 6.06.